The minimum atomic E-state index is -0.304. The molecule has 34 heavy (non-hydrogen) atoms. The van der Waals surface area contributed by atoms with Gasteiger partial charge in [0.05, 0.1) is 18.6 Å². The highest BCUT2D eigenvalue weighted by molar-refractivity contribution is 5.90. The van der Waals surface area contributed by atoms with Crippen LogP contribution in [0.25, 0.3) is 0 Å². The molecule has 172 valence electrons. The van der Waals surface area contributed by atoms with Crippen molar-refractivity contribution >= 4 is 11.9 Å². The third-order valence-electron chi connectivity index (χ3n) is 8.26. The second-order valence-electron chi connectivity index (χ2n) is 9.88. The molecule has 3 aromatic rings. The average Bonchev–Trinajstić information content (AvgIpc) is 3.17. The number of carbonyl (C=O) groups excluding carboxylic acids is 2. The quantitative estimate of drug-likeness (QED) is 0.490. The van der Waals surface area contributed by atoms with E-state index in [2.05, 4.69) is 47.4 Å². The van der Waals surface area contributed by atoms with Crippen LogP contribution in [0.5, 0.6) is 0 Å². The monoisotopic (exact) mass is 451 g/mol. The Kier molecular flexibility index (Phi) is 5.24. The Balaban J connectivity index is 1.50. The lowest BCUT2D eigenvalue weighted by atomic mass is 9.58. The molecular weight excluding hydrogens is 422 g/mol. The Labute approximate surface area is 200 Å². The smallest absolute Gasteiger partial charge is 0.337 e. The molecule has 2 fully saturated rings. The van der Waals surface area contributed by atoms with Gasteiger partial charge in [-0.2, -0.15) is 0 Å². The number of carbonyl (C=O) groups is 2. The highest BCUT2D eigenvalue weighted by Gasteiger charge is 2.58. The van der Waals surface area contributed by atoms with Crippen LogP contribution in [0, 0.1) is 11.8 Å². The van der Waals surface area contributed by atoms with Gasteiger partial charge in [-0.3, -0.25) is 4.79 Å². The van der Waals surface area contributed by atoms with Crippen LogP contribution in [0.3, 0.4) is 0 Å². The van der Waals surface area contributed by atoms with Gasteiger partial charge >= 0.3 is 5.97 Å². The maximum atomic E-state index is 14.2. The first-order chi connectivity index (χ1) is 16.7. The van der Waals surface area contributed by atoms with E-state index >= 15 is 0 Å². The number of methoxy groups -OCH3 is 1. The van der Waals surface area contributed by atoms with Crippen molar-refractivity contribution < 1.29 is 14.3 Å². The average molecular weight is 452 g/mol. The van der Waals surface area contributed by atoms with E-state index < -0.39 is 0 Å². The molecule has 0 radical (unpaired) electrons. The van der Waals surface area contributed by atoms with Crippen molar-refractivity contribution in [1.82, 2.24) is 4.90 Å². The van der Waals surface area contributed by atoms with Crippen LogP contribution < -0.4 is 0 Å². The summed E-state index contributed by atoms with van der Waals surface area (Å²) >= 11 is 0. The van der Waals surface area contributed by atoms with Gasteiger partial charge < -0.3 is 9.64 Å². The summed E-state index contributed by atoms with van der Waals surface area (Å²) < 4.78 is 5.03. The molecule has 1 heterocycles. The van der Waals surface area contributed by atoms with Crippen LogP contribution in [-0.4, -0.2) is 29.9 Å². The fraction of sp³-hybridized carbons (Fsp3) is 0.333. The Morgan fingerprint density at radius 2 is 1.68 bits per heavy atom. The van der Waals surface area contributed by atoms with Crippen molar-refractivity contribution in [3.63, 3.8) is 0 Å². The number of fused-ring (bicyclic) bond motifs is 2. The highest BCUT2D eigenvalue weighted by Crippen LogP contribution is 2.59. The largest absolute Gasteiger partial charge is 0.465 e. The molecule has 0 bridgehead atoms. The predicted molar refractivity (Wildman–Crippen MR) is 130 cm³/mol. The van der Waals surface area contributed by atoms with Crippen molar-refractivity contribution in [3.8, 4) is 0 Å². The molecule has 1 amide bonds. The van der Waals surface area contributed by atoms with E-state index in [0.29, 0.717) is 12.1 Å². The molecule has 1 saturated carbocycles. The second-order valence-corrected chi connectivity index (χ2v) is 9.88. The maximum Gasteiger partial charge on any atom is 0.337 e. The van der Waals surface area contributed by atoms with Gasteiger partial charge in [-0.05, 0) is 59.1 Å². The summed E-state index contributed by atoms with van der Waals surface area (Å²) in [6, 6.07) is 27.0. The molecule has 0 N–H and O–H groups in total. The van der Waals surface area contributed by atoms with Crippen LogP contribution >= 0.6 is 0 Å². The molecule has 4 nitrogen and oxygen atoms in total. The standard InChI is InChI=1S/C30H29NO3/c1-34-30(33)21-15-16-23-24(17-21)22-13-8-14-25-27(22)28(26(23)20-11-6-3-7-12-20)29(32)31(25)18-19-9-4-2-5-10-19/h2-7,9-12,15-17,22,25-28H,8,13-14,18H2,1H3/t22-,25-,26+,27+,28+/m0/s1. The number of hydrogen-bond donors (Lipinski definition) is 0. The fourth-order valence-corrected chi connectivity index (χ4v) is 6.94. The summed E-state index contributed by atoms with van der Waals surface area (Å²) in [6.07, 6.45) is 3.20. The van der Waals surface area contributed by atoms with Crippen molar-refractivity contribution in [2.24, 2.45) is 11.8 Å². The highest BCUT2D eigenvalue weighted by atomic mass is 16.5. The molecule has 2 aliphatic carbocycles. The number of rotatable bonds is 4. The summed E-state index contributed by atoms with van der Waals surface area (Å²) in [5, 5.41) is 0. The lowest BCUT2D eigenvalue weighted by Crippen LogP contribution is -2.40. The van der Waals surface area contributed by atoms with Gasteiger partial charge in [0.25, 0.3) is 0 Å². The van der Waals surface area contributed by atoms with Gasteiger partial charge in [0.2, 0.25) is 5.91 Å². The third-order valence-corrected chi connectivity index (χ3v) is 8.26. The fourth-order valence-electron chi connectivity index (χ4n) is 6.94. The van der Waals surface area contributed by atoms with E-state index in [0.717, 1.165) is 19.3 Å². The lowest BCUT2D eigenvalue weighted by molar-refractivity contribution is -0.133. The van der Waals surface area contributed by atoms with Crippen molar-refractivity contribution in [3.05, 3.63) is 107 Å². The lowest BCUT2D eigenvalue weighted by Gasteiger charge is -2.45. The van der Waals surface area contributed by atoms with Crippen LogP contribution in [-0.2, 0) is 16.1 Å². The molecule has 0 unspecified atom stereocenters. The van der Waals surface area contributed by atoms with Crippen molar-refractivity contribution in [1.29, 1.82) is 0 Å². The summed E-state index contributed by atoms with van der Waals surface area (Å²) in [6.45, 7) is 0.662. The Hall–Kier alpha value is -3.40. The summed E-state index contributed by atoms with van der Waals surface area (Å²) in [7, 11) is 1.43. The first kappa shape index (κ1) is 21.2. The number of benzene rings is 3. The molecule has 1 saturated heterocycles. The van der Waals surface area contributed by atoms with E-state index in [4.69, 9.17) is 4.74 Å². The van der Waals surface area contributed by atoms with Crippen molar-refractivity contribution in [2.45, 2.75) is 43.7 Å². The van der Waals surface area contributed by atoms with E-state index in [-0.39, 0.29) is 41.6 Å². The number of likely N-dealkylation sites (tertiary alicyclic amines) is 1. The molecule has 1 aliphatic heterocycles. The summed E-state index contributed by atoms with van der Waals surface area (Å²) in [5.74, 6) is 0.448. The molecule has 0 aromatic heterocycles. The minimum Gasteiger partial charge on any atom is -0.465 e. The molecule has 5 atom stereocenters. The van der Waals surface area contributed by atoms with Crippen LogP contribution in [0.4, 0.5) is 0 Å². The van der Waals surface area contributed by atoms with Gasteiger partial charge in [0.15, 0.2) is 0 Å². The van der Waals surface area contributed by atoms with Crippen LogP contribution in [0.2, 0.25) is 0 Å². The van der Waals surface area contributed by atoms with Gasteiger partial charge in [-0.25, -0.2) is 4.79 Å². The number of esters is 1. The van der Waals surface area contributed by atoms with Gasteiger partial charge in [0.1, 0.15) is 0 Å². The molecular formula is C30H29NO3. The van der Waals surface area contributed by atoms with Gasteiger partial charge in [0, 0.05) is 18.5 Å². The molecule has 4 heteroatoms. The third kappa shape index (κ3) is 3.27. The van der Waals surface area contributed by atoms with Gasteiger partial charge in [-0.15, -0.1) is 0 Å². The second kappa shape index (κ2) is 8.43. The minimum absolute atomic E-state index is 0.00183. The predicted octanol–water partition coefficient (Wildman–Crippen LogP) is 5.53. The Morgan fingerprint density at radius 3 is 2.41 bits per heavy atom. The zero-order chi connectivity index (χ0) is 23.2. The van der Waals surface area contributed by atoms with Crippen molar-refractivity contribution in [2.75, 3.05) is 7.11 Å². The SMILES string of the molecule is COC(=O)c1ccc2c(c1)[C@@H]1CCC[C@H]3[C@@H]1[C@H](C(=O)N3Cc1ccccc1)[C@@H]2c1ccccc1. The maximum absolute atomic E-state index is 14.2. The number of hydrogen-bond acceptors (Lipinski definition) is 3. The Morgan fingerprint density at radius 1 is 0.941 bits per heavy atom. The first-order valence-electron chi connectivity index (χ1n) is 12.3. The number of nitrogens with zero attached hydrogens (tertiary/aromatic N) is 1. The first-order valence-corrected chi connectivity index (χ1v) is 12.3. The number of amides is 1. The molecule has 6 rings (SSSR count). The topological polar surface area (TPSA) is 46.6 Å². The summed E-state index contributed by atoms with van der Waals surface area (Å²) in [4.78, 5) is 28.7. The van der Waals surface area contributed by atoms with E-state index in [1.165, 1.54) is 29.4 Å². The van der Waals surface area contributed by atoms with Crippen LogP contribution in [0.15, 0.2) is 78.9 Å². The van der Waals surface area contributed by atoms with Crippen LogP contribution in [0.1, 0.15) is 63.7 Å². The summed E-state index contributed by atoms with van der Waals surface area (Å²) in [5.41, 5.74) is 5.38. The zero-order valence-corrected chi connectivity index (χ0v) is 19.4. The van der Waals surface area contributed by atoms with E-state index in [1.807, 2.05) is 36.4 Å². The normalized spacial score (nSPS) is 27.1. The Bertz CT molecular complexity index is 1220. The van der Waals surface area contributed by atoms with E-state index in [9.17, 15) is 9.59 Å². The molecule has 0 spiro atoms. The zero-order valence-electron chi connectivity index (χ0n) is 19.4. The van der Waals surface area contributed by atoms with E-state index in [1.54, 1.807) is 0 Å². The molecule has 3 aliphatic rings. The molecule has 3 aromatic carbocycles. The van der Waals surface area contributed by atoms with Gasteiger partial charge in [-0.1, -0.05) is 73.2 Å². The number of ether oxygens (including phenoxy) is 1.